The number of aryl methyl sites for hydroxylation is 2. The quantitative estimate of drug-likeness (QED) is 0.759. The molecule has 0 bridgehead atoms. The van der Waals surface area contributed by atoms with Crippen LogP contribution < -0.4 is 15.4 Å². The number of ether oxygens (including phenoxy) is 1. The molecule has 21 heavy (non-hydrogen) atoms. The fraction of sp³-hybridized carbons (Fsp3) is 0.500. The second-order valence-electron chi connectivity index (χ2n) is 4.43. The van der Waals surface area contributed by atoms with Crippen LogP contribution in [0.3, 0.4) is 0 Å². The first-order valence-electron chi connectivity index (χ1n) is 6.50. The summed E-state index contributed by atoms with van der Waals surface area (Å²) >= 11 is 0. The number of hydrogen-bond acceptors (Lipinski definition) is 3. The molecule has 7 heteroatoms. The third kappa shape index (κ3) is 6.27. The predicted octanol–water partition coefficient (Wildman–Crippen LogP) is 2.67. The molecular weight excluding hydrogens is 302 g/mol. The Labute approximate surface area is 129 Å². The van der Waals surface area contributed by atoms with Gasteiger partial charge in [0.05, 0.1) is 0 Å². The molecule has 0 saturated carbocycles. The lowest BCUT2D eigenvalue weighted by Gasteiger charge is -2.13. The zero-order valence-electron chi connectivity index (χ0n) is 12.3. The van der Waals surface area contributed by atoms with Gasteiger partial charge in [-0.05, 0) is 43.7 Å². The van der Waals surface area contributed by atoms with Crippen molar-refractivity contribution in [3.63, 3.8) is 0 Å². The molecule has 0 spiro atoms. The Balaban J connectivity index is 0.00000400. The van der Waals surface area contributed by atoms with Crippen LogP contribution in [-0.2, 0) is 0 Å². The van der Waals surface area contributed by atoms with Gasteiger partial charge in [-0.25, -0.2) is 0 Å². The van der Waals surface area contributed by atoms with Crippen molar-refractivity contribution in [1.29, 1.82) is 0 Å². The van der Waals surface area contributed by atoms with Crippen molar-refractivity contribution in [2.45, 2.75) is 27.4 Å². The topological polar surface area (TPSA) is 50.4 Å². The molecule has 0 fully saturated rings. The van der Waals surface area contributed by atoms with Gasteiger partial charge in [0.15, 0.2) is 0 Å². The summed E-state index contributed by atoms with van der Waals surface area (Å²) in [6.45, 7) is 4.43. The zero-order chi connectivity index (χ0) is 15.1. The average molecular weight is 323 g/mol. The first-order valence-corrected chi connectivity index (χ1v) is 6.50. The van der Waals surface area contributed by atoms with E-state index in [1.54, 1.807) is 26.0 Å². The first-order chi connectivity index (χ1) is 9.45. The summed E-state index contributed by atoms with van der Waals surface area (Å²) < 4.78 is 29.0. The van der Waals surface area contributed by atoms with E-state index in [1.165, 1.54) is 0 Å². The molecular formula is C14H21ClF2N2O2. The Morgan fingerprint density at radius 1 is 1.24 bits per heavy atom. The summed E-state index contributed by atoms with van der Waals surface area (Å²) in [6.07, 6.45) is 0. The number of benzene rings is 1. The van der Waals surface area contributed by atoms with Crippen LogP contribution in [0.15, 0.2) is 12.1 Å². The van der Waals surface area contributed by atoms with Gasteiger partial charge in [0.25, 0.3) is 5.91 Å². The van der Waals surface area contributed by atoms with Crippen molar-refractivity contribution >= 4 is 18.3 Å². The highest BCUT2D eigenvalue weighted by Gasteiger charge is 2.14. The number of amides is 1. The van der Waals surface area contributed by atoms with E-state index in [-0.39, 0.29) is 24.1 Å². The summed E-state index contributed by atoms with van der Waals surface area (Å²) in [5.74, 6) is -0.0955. The van der Waals surface area contributed by atoms with Crippen molar-refractivity contribution < 1.29 is 18.3 Å². The number of carbonyl (C=O) groups excluding carboxylic acids is 1. The number of nitrogens with one attached hydrogen (secondary N) is 2. The van der Waals surface area contributed by atoms with E-state index in [1.807, 2.05) is 6.92 Å². The Kier molecular flexibility index (Phi) is 8.89. The van der Waals surface area contributed by atoms with Gasteiger partial charge >= 0.3 is 6.61 Å². The molecule has 0 saturated heterocycles. The third-order valence-electron chi connectivity index (χ3n) is 2.77. The number of alkyl halides is 2. The van der Waals surface area contributed by atoms with Gasteiger partial charge in [0.2, 0.25) is 0 Å². The van der Waals surface area contributed by atoms with Crippen LogP contribution in [0.5, 0.6) is 5.75 Å². The molecule has 120 valence electrons. The maximum Gasteiger partial charge on any atom is 0.387 e. The maximum atomic E-state index is 12.3. The maximum absolute atomic E-state index is 12.3. The standard InChI is InChI=1S/C14H20F2N2O2.ClH/c1-4-17-5-6-18-13(19)11-7-9(2)12(10(3)8-11)20-14(15)16;/h7-8,14,17H,4-6H2,1-3H3,(H,18,19);1H. The van der Waals surface area contributed by atoms with E-state index in [4.69, 9.17) is 0 Å². The SMILES string of the molecule is CCNCCNC(=O)c1cc(C)c(OC(F)F)c(C)c1.Cl. The van der Waals surface area contributed by atoms with Crippen LogP contribution in [0.1, 0.15) is 28.4 Å². The summed E-state index contributed by atoms with van der Waals surface area (Å²) in [7, 11) is 0. The fourth-order valence-corrected chi connectivity index (χ4v) is 1.90. The molecule has 1 aromatic rings. The number of rotatable bonds is 7. The summed E-state index contributed by atoms with van der Waals surface area (Å²) in [6, 6.07) is 3.10. The Morgan fingerprint density at radius 2 is 1.81 bits per heavy atom. The molecule has 0 atom stereocenters. The summed E-state index contributed by atoms with van der Waals surface area (Å²) in [5.41, 5.74) is 1.47. The minimum absolute atomic E-state index is 0. The molecule has 0 aliphatic heterocycles. The number of hydrogen-bond donors (Lipinski definition) is 2. The van der Waals surface area contributed by atoms with E-state index in [9.17, 15) is 13.6 Å². The molecule has 0 unspecified atom stereocenters. The molecule has 1 amide bonds. The van der Waals surface area contributed by atoms with E-state index in [2.05, 4.69) is 15.4 Å². The summed E-state index contributed by atoms with van der Waals surface area (Å²) in [4.78, 5) is 11.9. The van der Waals surface area contributed by atoms with Crippen LogP contribution in [0.4, 0.5) is 8.78 Å². The molecule has 4 nitrogen and oxygen atoms in total. The van der Waals surface area contributed by atoms with Gasteiger partial charge in [-0.15, -0.1) is 12.4 Å². The van der Waals surface area contributed by atoms with E-state index >= 15 is 0 Å². The molecule has 0 radical (unpaired) electrons. The van der Waals surface area contributed by atoms with Crippen LogP contribution in [0.2, 0.25) is 0 Å². The lowest BCUT2D eigenvalue weighted by Crippen LogP contribution is -2.31. The lowest BCUT2D eigenvalue weighted by atomic mass is 10.1. The van der Waals surface area contributed by atoms with Crippen molar-refractivity contribution in [2.24, 2.45) is 0 Å². The highest BCUT2D eigenvalue weighted by atomic mass is 35.5. The second-order valence-corrected chi connectivity index (χ2v) is 4.43. The fourth-order valence-electron chi connectivity index (χ4n) is 1.90. The molecule has 1 rings (SSSR count). The van der Waals surface area contributed by atoms with E-state index in [0.717, 1.165) is 6.54 Å². The average Bonchev–Trinajstić information content (AvgIpc) is 2.38. The predicted molar refractivity (Wildman–Crippen MR) is 80.7 cm³/mol. The Hall–Kier alpha value is -1.40. The van der Waals surface area contributed by atoms with Crippen LogP contribution in [0.25, 0.3) is 0 Å². The minimum atomic E-state index is -2.87. The lowest BCUT2D eigenvalue weighted by molar-refractivity contribution is -0.0507. The number of likely N-dealkylation sites (N-methyl/N-ethyl adjacent to an activating group) is 1. The monoisotopic (exact) mass is 322 g/mol. The van der Waals surface area contributed by atoms with Crippen molar-refractivity contribution in [3.05, 3.63) is 28.8 Å². The minimum Gasteiger partial charge on any atom is -0.434 e. The largest absolute Gasteiger partial charge is 0.434 e. The van der Waals surface area contributed by atoms with Crippen LogP contribution in [-0.4, -0.2) is 32.2 Å². The van der Waals surface area contributed by atoms with Gasteiger partial charge < -0.3 is 15.4 Å². The molecule has 0 heterocycles. The van der Waals surface area contributed by atoms with Gasteiger partial charge in [0.1, 0.15) is 5.75 Å². The smallest absolute Gasteiger partial charge is 0.387 e. The Bertz CT molecular complexity index is 447. The summed E-state index contributed by atoms with van der Waals surface area (Å²) in [5, 5.41) is 5.85. The van der Waals surface area contributed by atoms with Gasteiger partial charge in [-0.1, -0.05) is 6.92 Å². The van der Waals surface area contributed by atoms with Crippen molar-refractivity contribution in [3.8, 4) is 5.75 Å². The van der Waals surface area contributed by atoms with Gasteiger partial charge in [0, 0.05) is 18.7 Å². The normalized spacial score (nSPS) is 10.2. The zero-order valence-corrected chi connectivity index (χ0v) is 13.2. The van der Waals surface area contributed by atoms with E-state index < -0.39 is 6.61 Å². The van der Waals surface area contributed by atoms with Crippen molar-refractivity contribution in [2.75, 3.05) is 19.6 Å². The van der Waals surface area contributed by atoms with Gasteiger partial charge in [-0.2, -0.15) is 8.78 Å². The Morgan fingerprint density at radius 3 is 2.29 bits per heavy atom. The molecule has 0 aliphatic carbocycles. The molecule has 1 aromatic carbocycles. The van der Waals surface area contributed by atoms with Crippen molar-refractivity contribution in [1.82, 2.24) is 10.6 Å². The van der Waals surface area contributed by atoms with Crippen LogP contribution in [0, 0.1) is 13.8 Å². The highest BCUT2D eigenvalue weighted by molar-refractivity contribution is 5.94. The second kappa shape index (κ2) is 9.52. The van der Waals surface area contributed by atoms with Gasteiger partial charge in [-0.3, -0.25) is 4.79 Å². The third-order valence-corrected chi connectivity index (χ3v) is 2.77. The number of carbonyl (C=O) groups is 1. The van der Waals surface area contributed by atoms with Crippen LogP contribution >= 0.6 is 12.4 Å². The molecule has 0 aromatic heterocycles. The first kappa shape index (κ1) is 19.6. The highest BCUT2D eigenvalue weighted by Crippen LogP contribution is 2.26. The molecule has 0 aliphatic rings. The number of halogens is 3. The molecule has 2 N–H and O–H groups in total. The van der Waals surface area contributed by atoms with E-state index in [0.29, 0.717) is 29.8 Å².